The summed E-state index contributed by atoms with van der Waals surface area (Å²) in [6, 6.07) is 7.87. The Hall–Kier alpha value is -1.62. The summed E-state index contributed by atoms with van der Waals surface area (Å²) in [7, 11) is 0. The highest BCUT2D eigenvalue weighted by molar-refractivity contribution is 9.09. The summed E-state index contributed by atoms with van der Waals surface area (Å²) >= 11 is 3.57. The van der Waals surface area contributed by atoms with Gasteiger partial charge in [-0.05, 0) is 30.0 Å². The van der Waals surface area contributed by atoms with Crippen LogP contribution in [0.1, 0.15) is 28.4 Å². The van der Waals surface area contributed by atoms with Crippen LogP contribution in [0.5, 0.6) is 0 Å². The number of aromatic nitrogens is 1. The molecule has 2 unspecified atom stereocenters. The second-order valence-corrected chi connectivity index (χ2v) is 5.50. The van der Waals surface area contributed by atoms with Crippen molar-refractivity contribution in [2.45, 2.75) is 17.2 Å². The summed E-state index contributed by atoms with van der Waals surface area (Å²) < 4.78 is 5.19. The number of oxazole rings is 1. The third-order valence-electron chi connectivity index (χ3n) is 3.00. The number of halogens is 1. The molecule has 1 heterocycles. The van der Waals surface area contributed by atoms with E-state index in [1.807, 2.05) is 18.2 Å². The van der Waals surface area contributed by atoms with E-state index >= 15 is 0 Å². The van der Waals surface area contributed by atoms with E-state index in [0.29, 0.717) is 16.6 Å². The number of carbonyl (C=O) groups is 1. The van der Waals surface area contributed by atoms with Gasteiger partial charge in [-0.1, -0.05) is 28.1 Å². The van der Waals surface area contributed by atoms with Crippen molar-refractivity contribution in [1.82, 2.24) is 4.98 Å². The van der Waals surface area contributed by atoms with Crippen LogP contribution in [0.15, 0.2) is 34.9 Å². The average molecular weight is 308 g/mol. The van der Waals surface area contributed by atoms with E-state index < -0.39 is 5.97 Å². The van der Waals surface area contributed by atoms with Gasteiger partial charge in [0.15, 0.2) is 5.69 Å². The minimum absolute atomic E-state index is 0.0693. The predicted octanol–water partition coefficient (Wildman–Crippen LogP) is 3.29. The summed E-state index contributed by atoms with van der Waals surface area (Å²) in [5.41, 5.74) is 1.97. The first-order valence-electron chi connectivity index (χ1n) is 5.58. The van der Waals surface area contributed by atoms with Crippen LogP contribution in [0, 0.1) is 0 Å². The summed E-state index contributed by atoms with van der Waals surface area (Å²) in [6.07, 6.45) is 2.30. The number of hydrogen-bond acceptors (Lipinski definition) is 3. The van der Waals surface area contributed by atoms with Gasteiger partial charge in [0.25, 0.3) is 0 Å². The zero-order chi connectivity index (χ0) is 12.7. The first-order chi connectivity index (χ1) is 8.65. The second-order valence-electron chi connectivity index (χ2n) is 4.33. The molecule has 1 saturated carbocycles. The Bertz CT molecular complexity index is 608. The lowest BCUT2D eigenvalue weighted by molar-refractivity contribution is 0.0690. The van der Waals surface area contributed by atoms with Crippen LogP contribution < -0.4 is 0 Å². The molecule has 0 spiro atoms. The third-order valence-corrected chi connectivity index (χ3v) is 4.01. The quantitative estimate of drug-likeness (QED) is 0.884. The Labute approximate surface area is 112 Å². The zero-order valence-corrected chi connectivity index (χ0v) is 10.9. The standard InChI is InChI=1S/C13H10BrNO3/c14-10-5-9(10)7-2-1-3-8(4-7)12-15-11(6-18-12)13(16)17/h1-4,6,9-10H,5H2,(H,16,17). The molecular formula is C13H10BrNO3. The van der Waals surface area contributed by atoms with E-state index in [4.69, 9.17) is 9.52 Å². The number of benzene rings is 1. The molecule has 0 saturated heterocycles. The molecule has 1 aliphatic carbocycles. The number of hydrogen-bond donors (Lipinski definition) is 1. The number of aromatic carboxylic acids is 1. The van der Waals surface area contributed by atoms with Gasteiger partial charge in [0.05, 0.1) is 0 Å². The molecule has 0 amide bonds. The van der Waals surface area contributed by atoms with Gasteiger partial charge in [0.1, 0.15) is 6.26 Å². The van der Waals surface area contributed by atoms with Crippen molar-refractivity contribution < 1.29 is 14.3 Å². The van der Waals surface area contributed by atoms with E-state index in [2.05, 4.69) is 27.0 Å². The lowest BCUT2D eigenvalue weighted by Gasteiger charge is -2.00. The van der Waals surface area contributed by atoms with Crippen molar-refractivity contribution >= 4 is 21.9 Å². The van der Waals surface area contributed by atoms with E-state index in [-0.39, 0.29) is 5.69 Å². The average Bonchev–Trinajstić information content (AvgIpc) is 2.92. The molecular weight excluding hydrogens is 298 g/mol. The van der Waals surface area contributed by atoms with Gasteiger partial charge >= 0.3 is 5.97 Å². The summed E-state index contributed by atoms with van der Waals surface area (Å²) in [6.45, 7) is 0. The Morgan fingerprint density at radius 3 is 2.89 bits per heavy atom. The van der Waals surface area contributed by atoms with Gasteiger partial charge < -0.3 is 9.52 Å². The van der Waals surface area contributed by atoms with Gasteiger partial charge in [0, 0.05) is 10.4 Å². The smallest absolute Gasteiger partial charge is 0.357 e. The zero-order valence-electron chi connectivity index (χ0n) is 9.34. The Morgan fingerprint density at radius 2 is 2.28 bits per heavy atom. The van der Waals surface area contributed by atoms with Crippen molar-refractivity contribution in [3.63, 3.8) is 0 Å². The molecule has 1 aliphatic rings. The van der Waals surface area contributed by atoms with Crippen molar-refractivity contribution in [3.8, 4) is 11.5 Å². The van der Waals surface area contributed by atoms with Crippen molar-refractivity contribution in [2.75, 3.05) is 0 Å². The Balaban J connectivity index is 1.93. The molecule has 2 atom stereocenters. The molecule has 3 rings (SSSR count). The van der Waals surface area contributed by atoms with Crippen LogP contribution in [0.3, 0.4) is 0 Å². The molecule has 1 aromatic heterocycles. The number of carboxylic acids is 1. The van der Waals surface area contributed by atoms with Crippen molar-refractivity contribution in [2.24, 2.45) is 0 Å². The number of alkyl halides is 1. The van der Waals surface area contributed by atoms with Crippen LogP contribution in [0.25, 0.3) is 11.5 Å². The molecule has 0 radical (unpaired) electrons. The highest BCUT2D eigenvalue weighted by Gasteiger charge is 2.36. The third kappa shape index (κ3) is 2.06. The largest absolute Gasteiger partial charge is 0.476 e. The van der Waals surface area contributed by atoms with Gasteiger partial charge in [-0.25, -0.2) is 9.78 Å². The van der Waals surface area contributed by atoms with E-state index in [1.54, 1.807) is 0 Å². The normalized spacial score (nSPS) is 21.8. The van der Waals surface area contributed by atoms with Crippen LogP contribution >= 0.6 is 15.9 Å². The highest BCUT2D eigenvalue weighted by atomic mass is 79.9. The molecule has 0 aliphatic heterocycles. The lowest BCUT2D eigenvalue weighted by atomic mass is 10.1. The maximum Gasteiger partial charge on any atom is 0.357 e. The summed E-state index contributed by atoms with van der Waals surface area (Å²) in [5.74, 6) is -0.191. The first kappa shape index (κ1) is 11.5. The molecule has 2 aromatic rings. The minimum Gasteiger partial charge on any atom is -0.476 e. The fourth-order valence-electron chi connectivity index (χ4n) is 1.92. The van der Waals surface area contributed by atoms with Crippen LogP contribution in [-0.2, 0) is 0 Å². The molecule has 18 heavy (non-hydrogen) atoms. The van der Waals surface area contributed by atoms with E-state index in [0.717, 1.165) is 18.2 Å². The highest BCUT2D eigenvalue weighted by Crippen LogP contribution is 2.46. The predicted molar refractivity (Wildman–Crippen MR) is 69.0 cm³/mol. The summed E-state index contributed by atoms with van der Waals surface area (Å²) in [5, 5.41) is 8.80. The molecule has 1 aromatic carbocycles. The molecule has 4 nitrogen and oxygen atoms in total. The van der Waals surface area contributed by atoms with Crippen LogP contribution in [0.2, 0.25) is 0 Å². The maximum absolute atomic E-state index is 10.7. The fourth-order valence-corrected chi connectivity index (χ4v) is 2.62. The molecule has 1 N–H and O–H groups in total. The van der Waals surface area contributed by atoms with Gasteiger partial charge in [0.2, 0.25) is 5.89 Å². The monoisotopic (exact) mass is 307 g/mol. The number of carboxylic acid groups (broad SMARTS) is 1. The van der Waals surface area contributed by atoms with Crippen LogP contribution in [0.4, 0.5) is 0 Å². The lowest BCUT2D eigenvalue weighted by Crippen LogP contribution is -1.95. The molecule has 0 bridgehead atoms. The Kier molecular flexibility index (Phi) is 2.70. The molecule has 1 fully saturated rings. The molecule has 92 valence electrons. The van der Waals surface area contributed by atoms with Gasteiger partial charge in [-0.3, -0.25) is 0 Å². The SMILES string of the molecule is O=C(O)c1coc(-c2cccc(C3CC3Br)c2)n1. The number of rotatable bonds is 3. The molecule has 5 heteroatoms. The van der Waals surface area contributed by atoms with Crippen molar-refractivity contribution in [3.05, 3.63) is 41.8 Å². The number of nitrogens with zero attached hydrogens (tertiary/aromatic N) is 1. The second kappa shape index (κ2) is 4.24. The first-order valence-corrected chi connectivity index (χ1v) is 6.50. The Morgan fingerprint density at radius 1 is 1.50 bits per heavy atom. The van der Waals surface area contributed by atoms with Crippen LogP contribution in [-0.4, -0.2) is 20.9 Å². The van der Waals surface area contributed by atoms with Gasteiger partial charge in [-0.15, -0.1) is 0 Å². The van der Waals surface area contributed by atoms with Crippen molar-refractivity contribution in [1.29, 1.82) is 0 Å². The van der Waals surface area contributed by atoms with E-state index in [9.17, 15) is 4.79 Å². The topological polar surface area (TPSA) is 63.3 Å². The van der Waals surface area contributed by atoms with Gasteiger partial charge in [-0.2, -0.15) is 0 Å². The summed E-state index contributed by atoms with van der Waals surface area (Å²) in [4.78, 5) is 15.2. The minimum atomic E-state index is -1.08. The van der Waals surface area contributed by atoms with E-state index in [1.165, 1.54) is 5.56 Å². The maximum atomic E-state index is 10.7. The fraction of sp³-hybridized carbons (Fsp3) is 0.231.